The molecule has 7 nitrogen and oxygen atoms in total. The molecule has 1 saturated carbocycles. The molecule has 4 rings (SSSR count). The fraction of sp³-hybridized carbons (Fsp3) is 0.286. The molecule has 29 heavy (non-hydrogen) atoms. The summed E-state index contributed by atoms with van der Waals surface area (Å²) in [6.07, 6.45) is 3.51. The van der Waals surface area contributed by atoms with Gasteiger partial charge in [0, 0.05) is 17.7 Å². The number of nitrogens with zero attached hydrogens (tertiary/aromatic N) is 2. The number of nitrogens with one attached hydrogen (secondary N) is 1. The Kier molecular flexibility index (Phi) is 4.74. The molecule has 3 aromatic rings. The summed E-state index contributed by atoms with van der Waals surface area (Å²) >= 11 is 0. The minimum atomic E-state index is -3.30. The number of amides is 1. The van der Waals surface area contributed by atoms with Crippen molar-refractivity contribution in [1.82, 2.24) is 10.2 Å². The van der Waals surface area contributed by atoms with Crippen LogP contribution in [0.2, 0.25) is 0 Å². The number of carbonyl (C=O) groups is 1. The third-order valence-electron chi connectivity index (χ3n) is 5.29. The van der Waals surface area contributed by atoms with E-state index >= 15 is 0 Å². The molecule has 1 aliphatic rings. The van der Waals surface area contributed by atoms with Gasteiger partial charge in [0.1, 0.15) is 0 Å². The number of rotatable bonds is 6. The molecule has 150 valence electrons. The van der Waals surface area contributed by atoms with Crippen LogP contribution in [0.25, 0.3) is 22.0 Å². The van der Waals surface area contributed by atoms with Crippen molar-refractivity contribution in [3.05, 3.63) is 48.2 Å². The second-order valence-corrected chi connectivity index (χ2v) is 9.61. The van der Waals surface area contributed by atoms with Crippen LogP contribution in [-0.4, -0.2) is 36.8 Å². The molecule has 1 amide bonds. The number of hydrogen-bond donors (Lipinski definition) is 2. The maximum Gasteiger partial charge on any atom is 0.271 e. The van der Waals surface area contributed by atoms with Gasteiger partial charge in [-0.2, -0.15) is 0 Å². The minimum absolute atomic E-state index is 0.122. The monoisotopic (exact) mass is 410 g/mol. The molecule has 0 aliphatic heterocycles. The Morgan fingerprint density at radius 1 is 1.14 bits per heavy atom. The molecule has 1 atom stereocenters. The highest BCUT2D eigenvalue weighted by atomic mass is 32.2. The number of hydrogen-bond acceptors (Lipinski definition) is 6. The predicted octanol–water partition coefficient (Wildman–Crippen LogP) is 3.01. The first-order valence-electron chi connectivity index (χ1n) is 9.41. The Bertz CT molecular complexity index is 1220. The van der Waals surface area contributed by atoms with Gasteiger partial charge in [0.15, 0.2) is 15.5 Å². The van der Waals surface area contributed by atoms with E-state index in [9.17, 15) is 13.2 Å². The number of anilines is 1. The lowest BCUT2D eigenvalue weighted by atomic mass is 10.0. The third kappa shape index (κ3) is 3.93. The lowest BCUT2D eigenvalue weighted by molar-refractivity contribution is 0.0995. The van der Waals surface area contributed by atoms with Gasteiger partial charge in [-0.15, -0.1) is 10.2 Å². The van der Waals surface area contributed by atoms with Gasteiger partial charge in [0.25, 0.3) is 5.91 Å². The van der Waals surface area contributed by atoms with Crippen molar-refractivity contribution in [3.8, 4) is 11.1 Å². The van der Waals surface area contributed by atoms with Gasteiger partial charge in [-0.1, -0.05) is 18.2 Å². The van der Waals surface area contributed by atoms with E-state index in [0.29, 0.717) is 17.1 Å². The molecule has 0 bridgehead atoms. The molecule has 0 radical (unpaired) electrons. The standard InChI is InChI=1S/C21H22N4O3S/c1-12(13-6-7-13)23-19-17-9-8-15(11-18(17)24-25-20(19)21(22)26)14-4-3-5-16(10-14)29(2,27)28/h3-5,8-13H,6-7H2,1-2H3,(H2,22,26)(H,23,24). The van der Waals surface area contributed by atoms with Gasteiger partial charge < -0.3 is 11.1 Å². The fourth-order valence-electron chi connectivity index (χ4n) is 3.45. The highest BCUT2D eigenvalue weighted by Gasteiger charge is 2.29. The van der Waals surface area contributed by atoms with E-state index in [2.05, 4.69) is 22.4 Å². The number of fused-ring (bicyclic) bond motifs is 1. The number of primary amides is 1. The smallest absolute Gasteiger partial charge is 0.271 e. The molecule has 1 fully saturated rings. The molecule has 1 heterocycles. The van der Waals surface area contributed by atoms with Crippen molar-refractivity contribution in [2.45, 2.75) is 30.7 Å². The average molecular weight is 410 g/mol. The zero-order valence-corrected chi connectivity index (χ0v) is 17.0. The van der Waals surface area contributed by atoms with Crippen LogP contribution in [-0.2, 0) is 9.84 Å². The summed E-state index contributed by atoms with van der Waals surface area (Å²) in [5, 5.41) is 12.4. The summed E-state index contributed by atoms with van der Waals surface area (Å²) < 4.78 is 23.7. The molecule has 0 spiro atoms. The van der Waals surface area contributed by atoms with Crippen LogP contribution < -0.4 is 11.1 Å². The van der Waals surface area contributed by atoms with Crippen LogP contribution in [0.15, 0.2) is 47.4 Å². The Morgan fingerprint density at radius 3 is 2.52 bits per heavy atom. The summed E-state index contributed by atoms with van der Waals surface area (Å²) in [4.78, 5) is 12.1. The number of aromatic nitrogens is 2. The lowest BCUT2D eigenvalue weighted by Gasteiger charge is -2.18. The lowest BCUT2D eigenvalue weighted by Crippen LogP contribution is -2.23. The van der Waals surface area contributed by atoms with Crippen molar-refractivity contribution in [1.29, 1.82) is 0 Å². The topological polar surface area (TPSA) is 115 Å². The van der Waals surface area contributed by atoms with Crippen LogP contribution in [0.4, 0.5) is 5.69 Å². The van der Waals surface area contributed by atoms with Crippen molar-refractivity contribution in [3.63, 3.8) is 0 Å². The van der Waals surface area contributed by atoms with Crippen LogP contribution >= 0.6 is 0 Å². The molecule has 8 heteroatoms. The van der Waals surface area contributed by atoms with E-state index < -0.39 is 15.7 Å². The summed E-state index contributed by atoms with van der Waals surface area (Å²) in [7, 11) is -3.30. The summed E-state index contributed by atoms with van der Waals surface area (Å²) in [5.41, 5.74) is 8.40. The molecule has 2 aromatic carbocycles. The zero-order chi connectivity index (χ0) is 20.8. The highest BCUT2D eigenvalue weighted by Crippen LogP contribution is 2.36. The van der Waals surface area contributed by atoms with E-state index in [1.165, 1.54) is 6.26 Å². The van der Waals surface area contributed by atoms with Crippen LogP contribution in [0, 0.1) is 5.92 Å². The van der Waals surface area contributed by atoms with E-state index in [0.717, 1.165) is 29.4 Å². The van der Waals surface area contributed by atoms with Crippen molar-refractivity contribution >= 4 is 32.3 Å². The number of carbonyl (C=O) groups excluding carboxylic acids is 1. The van der Waals surface area contributed by atoms with Crippen molar-refractivity contribution in [2.75, 3.05) is 11.6 Å². The first kappa shape index (κ1) is 19.3. The fourth-order valence-corrected chi connectivity index (χ4v) is 4.12. The molecular weight excluding hydrogens is 388 g/mol. The molecule has 1 aromatic heterocycles. The Labute approximate surface area is 169 Å². The Morgan fingerprint density at radius 2 is 1.86 bits per heavy atom. The van der Waals surface area contributed by atoms with Gasteiger partial charge in [0.05, 0.1) is 16.1 Å². The quantitative estimate of drug-likeness (QED) is 0.645. The van der Waals surface area contributed by atoms with Gasteiger partial charge in [-0.3, -0.25) is 4.79 Å². The molecule has 0 saturated heterocycles. The molecule has 1 unspecified atom stereocenters. The summed E-state index contributed by atoms with van der Waals surface area (Å²) in [6.45, 7) is 2.08. The SMILES string of the molecule is CC(Nc1c(C(N)=O)nnc2cc(-c3cccc(S(C)(=O)=O)c3)ccc12)C1CC1. The van der Waals surface area contributed by atoms with E-state index in [4.69, 9.17) is 5.73 Å². The van der Waals surface area contributed by atoms with Gasteiger partial charge >= 0.3 is 0 Å². The summed E-state index contributed by atoms with van der Waals surface area (Å²) in [5.74, 6) is -0.0493. The Balaban J connectivity index is 1.81. The minimum Gasteiger partial charge on any atom is -0.380 e. The van der Waals surface area contributed by atoms with E-state index in [1.807, 2.05) is 24.3 Å². The predicted molar refractivity (Wildman–Crippen MR) is 112 cm³/mol. The second kappa shape index (κ2) is 7.11. The molecule has 1 aliphatic carbocycles. The van der Waals surface area contributed by atoms with Crippen LogP contribution in [0.3, 0.4) is 0 Å². The molecule has 3 N–H and O–H groups in total. The first-order valence-corrected chi connectivity index (χ1v) is 11.3. The highest BCUT2D eigenvalue weighted by molar-refractivity contribution is 7.90. The number of benzene rings is 2. The maximum absolute atomic E-state index is 11.9. The summed E-state index contributed by atoms with van der Waals surface area (Å²) in [6, 6.07) is 12.5. The van der Waals surface area contributed by atoms with E-state index in [1.54, 1.807) is 18.2 Å². The molecular formula is C21H22N4O3S. The average Bonchev–Trinajstić information content (AvgIpc) is 3.52. The van der Waals surface area contributed by atoms with E-state index in [-0.39, 0.29) is 16.6 Å². The van der Waals surface area contributed by atoms with Crippen LogP contribution in [0.1, 0.15) is 30.3 Å². The normalized spacial score (nSPS) is 15.2. The van der Waals surface area contributed by atoms with Gasteiger partial charge in [0.2, 0.25) is 0 Å². The second-order valence-electron chi connectivity index (χ2n) is 7.59. The number of sulfone groups is 1. The maximum atomic E-state index is 11.9. The third-order valence-corrected chi connectivity index (χ3v) is 6.40. The van der Waals surface area contributed by atoms with Crippen LogP contribution in [0.5, 0.6) is 0 Å². The van der Waals surface area contributed by atoms with Gasteiger partial charge in [-0.25, -0.2) is 8.42 Å². The van der Waals surface area contributed by atoms with Crippen molar-refractivity contribution in [2.24, 2.45) is 11.7 Å². The van der Waals surface area contributed by atoms with Gasteiger partial charge in [-0.05, 0) is 61.1 Å². The largest absolute Gasteiger partial charge is 0.380 e. The number of nitrogens with two attached hydrogens (primary N) is 1. The first-order chi connectivity index (χ1) is 13.7. The Hall–Kier alpha value is -3.00. The van der Waals surface area contributed by atoms with Crippen molar-refractivity contribution < 1.29 is 13.2 Å². The zero-order valence-electron chi connectivity index (χ0n) is 16.2.